The lowest BCUT2D eigenvalue weighted by Crippen LogP contribution is -2.30. The maximum absolute atomic E-state index is 12.4. The van der Waals surface area contributed by atoms with Crippen LogP contribution in [0.2, 0.25) is 0 Å². The molecule has 0 spiro atoms. The van der Waals surface area contributed by atoms with Gasteiger partial charge < -0.3 is 19.5 Å². The van der Waals surface area contributed by atoms with Crippen LogP contribution in [0.3, 0.4) is 0 Å². The van der Waals surface area contributed by atoms with E-state index < -0.39 is 22.8 Å². The van der Waals surface area contributed by atoms with Crippen molar-refractivity contribution in [3.8, 4) is 17.2 Å². The van der Waals surface area contributed by atoms with Gasteiger partial charge in [-0.05, 0) is 35.9 Å². The molecule has 3 rings (SSSR count). The minimum absolute atomic E-state index is 0.0248. The molecule has 3 aromatic rings. The van der Waals surface area contributed by atoms with Gasteiger partial charge in [-0.25, -0.2) is 5.43 Å². The molecule has 0 saturated carbocycles. The summed E-state index contributed by atoms with van der Waals surface area (Å²) in [7, 11) is 2.93. The van der Waals surface area contributed by atoms with Crippen LogP contribution in [0.25, 0.3) is 10.9 Å². The van der Waals surface area contributed by atoms with E-state index in [2.05, 4.69) is 10.5 Å². The predicted molar refractivity (Wildman–Crippen MR) is 101 cm³/mol. The Morgan fingerprint density at radius 1 is 1.22 bits per heavy atom. The number of rotatable bonds is 4. The first kappa shape index (κ1) is 18.0. The number of nitrogens with one attached hydrogen (secondary N) is 1. The van der Waals surface area contributed by atoms with Crippen LogP contribution in [0.1, 0.15) is 15.9 Å². The number of benzene rings is 2. The largest absolute Gasteiger partial charge is 0.506 e. The number of amides is 1. The lowest BCUT2D eigenvalue weighted by molar-refractivity contribution is 0.0950. The standard InChI is InChI=1S/C19H17N3O5/c1-22-13-6-4-3-5-12(13)17(24)16(19(22)26)18(25)21-20-10-11-7-8-14(23)15(9-11)27-2/h3-10,23-24H,1-2H3,(H,21,25). The van der Waals surface area contributed by atoms with Gasteiger partial charge in [0.2, 0.25) is 0 Å². The summed E-state index contributed by atoms with van der Waals surface area (Å²) in [5.41, 5.74) is 2.27. The average molecular weight is 367 g/mol. The Bertz CT molecular complexity index is 1120. The van der Waals surface area contributed by atoms with Crippen LogP contribution < -0.4 is 15.7 Å². The molecule has 0 bridgehead atoms. The highest BCUT2D eigenvalue weighted by Gasteiger charge is 2.20. The summed E-state index contributed by atoms with van der Waals surface area (Å²) in [6.45, 7) is 0. The monoisotopic (exact) mass is 367 g/mol. The lowest BCUT2D eigenvalue weighted by Gasteiger charge is -2.10. The van der Waals surface area contributed by atoms with Crippen LogP contribution in [0.5, 0.6) is 17.2 Å². The van der Waals surface area contributed by atoms with E-state index in [1.165, 1.54) is 37.1 Å². The molecule has 0 aliphatic rings. The molecule has 1 aromatic heterocycles. The van der Waals surface area contributed by atoms with E-state index >= 15 is 0 Å². The van der Waals surface area contributed by atoms with Crippen LogP contribution >= 0.6 is 0 Å². The SMILES string of the molecule is COc1cc(C=NNC(=O)c2c(O)c3ccccc3n(C)c2=O)ccc1O. The first-order valence-corrected chi connectivity index (χ1v) is 7.95. The summed E-state index contributed by atoms with van der Waals surface area (Å²) in [4.78, 5) is 24.8. The molecule has 8 nitrogen and oxygen atoms in total. The molecule has 0 fully saturated rings. The van der Waals surface area contributed by atoms with E-state index in [0.29, 0.717) is 16.5 Å². The zero-order valence-electron chi connectivity index (χ0n) is 14.6. The second kappa shape index (κ2) is 7.20. The van der Waals surface area contributed by atoms with Crippen molar-refractivity contribution in [2.24, 2.45) is 12.1 Å². The Hall–Kier alpha value is -3.81. The Balaban J connectivity index is 1.90. The Labute approximate surface area is 153 Å². The molecule has 1 amide bonds. The van der Waals surface area contributed by atoms with Gasteiger partial charge in [0.05, 0.1) is 18.8 Å². The van der Waals surface area contributed by atoms with Gasteiger partial charge in [0, 0.05) is 12.4 Å². The highest BCUT2D eigenvalue weighted by molar-refractivity contribution is 6.02. The van der Waals surface area contributed by atoms with Crippen LogP contribution in [-0.4, -0.2) is 34.0 Å². The minimum Gasteiger partial charge on any atom is -0.506 e. The van der Waals surface area contributed by atoms with Crippen molar-refractivity contribution in [2.45, 2.75) is 0 Å². The number of aromatic nitrogens is 1. The van der Waals surface area contributed by atoms with Gasteiger partial charge in [-0.15, -0.1) is 0 Å². The number of aromatic hydroxyl groups is 2. The summed E-state index contributed by atoms with van der Waals surface area (Å²) in [6.07, 6.45) is 1.32. The van der Waals surface area contributed by atoms with Gasteiger partial charge in [-0.3, -0.25) is 9.59 Å². The summed E-state index contributed by atoms with van der Waals surface area (Å²) in [5.74, 6) is -0.997. The van der Waals surface area contributed by atoms with E-state index in [1.54, 1.807) is 30.3 Å². The van der Waals surface area contributed by atoms with E-state index in [1.807, 2.05) is 0 Å². The number of hydrazone groups is 1. The molecule has 0 radical (unpaired) electrons. The fourth-order valence-corrected chi connectivity index (χ4v) is 2.68. The zero-order valence-corrected chi connectivity index (χ0v) is 14.6. The fraction of sp³-hybridized carbons (Fsp3) is 0.105. The van der Waals surface area contributed by atoms with E-state index in [0.717, 1.165) is 0 Å². The number of ether oxygens (including phenoxy) is 1. The molecule has 3 N–H and O–H groups in total. The van der Waals surface area contributed by atoms with Crippen LogP contribution in [0.15, 0.2) is 52.4 Å². The van der Waals surface area contributed by atoms with E-state index in [4.69, 9.17) is 4.74 Å². The number of aryl methyl sites for hydroxylation is 1. The number of pyridine rings is 1. The van der Waals surface area contributed by atoms with Crippen molar-refractivity contribution in [1.29, 1.82) is 0 Å². The molecule has 1 heterocycles. The van der Waals surface area contributed by atoms with Crippen molar-refractivity contribution < 1.29 is 19.7 Å². The smallest absolute Gasteiger partial charge is 0.280 e. The number of carbonyl (C=O) groups is 1. The first-order chi connectivity index (χ1) is 12.9. The third-order valence-electron chi connectivity index (χ3n) is 4.09. The topological polar surface area (TPSA) is 113 Å². The quantitative estimate of drug-likeness (QED) is 0.480. The molecule has 0 aliphatic heterocycles. The van der Waals surface area contributed by atoms with E-state index in [-0.39, 0.29) is 11.5 Å². The van der Waals surface area contributed by atoms with Crippen LogP contribution in [0.4, 0.5) is 0 Å². The summed E-state index contributed by atoms with van der Waals surface area (Å²) >= 11 is 0. The third kappa shape index (κ3) is 3.32. The van der Waals surface area contributed by atoms with E-state index in [9.17, 15) is 19.8 Å². The number of hydrogen-bond donors (Lipinski definition) is 3. The lowest BCUT2D eigenvalue weighted by atomic mass is 10.1. The van der Waals surface area contributed by atoms with Gasteiger partial charge in [-0.2, -0.15) is 5.10 Å². The van der Waals surface area contributed by atoms with Gasteiger partial charge >= 0.3 is 0 Å². The highest BCUT2D eigenvalue weighted by atomic mass is 16.5. The summed E-state index contributed by atoms with van der Waals surface area (Å²) in [6, 6.07) is 11.2. The van der Waals surface area contributed by atoms with Gasteiger partial charge in [-0.1, -0.05) is 12.1 Å². The molecule has 0 aliphatic carbocycles. The Morgan fingerprint density at radius 2 is 1.96 bits per heavy atom. The predicted octanol–water partition coefficient (Wildman–Crippen LogP) is 1.72. The second-order valence-corrected chi connectivity index (χ2v) is 5.74. The average Bonchev–Trinajstić information content (AvgIpc) is 2.67. The number of para-hydroxylation sites is 1. The van der Waals surface area contributed by atoms with Gasteiger partial charge in [0.25, 0.3) is 11.5 Å². The Morgan fingerprint density at radius 3 is 2.70 bits per heavy atom. The molecule has 2 aromatic carbocycles. The maximum Gasteiger partial charge on any atom is 0.280 e. The van der Waals surface area contributed by atoms with Gasteiger partial charge in [0.15, 0.2) is 11.5 Å². The number of nitrogens with zero attached hydrogens (tertiary/aromatic N) is 2. The second-order valence-electron chi connectivity index (χ2n) is 5.74. The zero-order chi connectivity index (χ0) is 19.6. The summed E-state index contributed by atoms with van der Waals surface area (Å²) < 4.78 is 6.28. The van der Waals surface area contributed by atoms with Crippen LogP contribution in [0, 0.1) is 0 Å². The normalized spacial score (nSPS) is 11.0. The molecule has 8 heteroatoms. The molecular formula is C19H17N3O5. The van der Waals surface area contributed by atoms with Crippen molar-refractivity contribution in [3.05, 3.63) is 63.9 Å². The number of phenolic OH excluding ortho intramolecular Hbond substituents is 1. The number of hydrogen-bond acceptors (Lipinski definition) is 6. The number of fused-ring (bicyclic) bond motifs is 1. The fourth-order valence-electron chi connectivity index (χ4n) is 2.68. The number of methoxy groups -OCH3 is 1. The van der Waals surface area contributed by atoms with Gasteiger partial charge in [0.1, 0.15) is 11.3 Å². The number of carbonyl (C=O) groups excluding carboxylic acids is 1. The molecule has 0 unspecified atom stereocenters. The van der Waals surface area contributed by atoms with Crippen molar-refractivity contribution in [2.75, 3.05) is 7.11 Å². The maximum atomic E-state index is 12.4. The molecule has 138 valence electrons. The number of phenols is 1. The van der Waals surface area contributed by atoms with Crippen molar-refractivity contribution >= 4 is 23.0 Å². The highest BCUT2D eigenvalue weighted by Crippen LogP contribution is 2.26. The molecule has 0 saturated heterocycles. The first-order valence-electron chi connectivity index (χ1n) is 7.95. The van der Waals surface area contributed by atoms with Crippen molar-refractivity contribution in [1.82, 2.24) is 9.99 Å². The minimum atomic E-state index is -0.833. The van der Waals surface area contributed by atoms with Crippen LogP contribution in [-0.2, 0) is 7.05 Å². The summed E-state index contributed by atoms with van der Waals surface area (Å²) in [5, 5.41) is 24.1. The molecule has 0 atom stereocenters. The van der Waals surface area contributed by atoms with Crippen molar-refractivity contribution in [3.63, 3.8) is 0 Å². The molecular weight excluding hydrogens is 350 g/mol. The third-order valence-corrected chi connectivity index (χ3v) is 4.09. The molecule has 27 heavy (non-hydrogen) atoms. The Kier molecular flexibility index (Phi) is 4.80.